The summed E-state index contributed by atoms with van der Waals surface area (Å²) in [6.07, 6.45) is 8.15. The molecule has 24 heavy (non-hydrogen) atoms. The van der Waals surface area contributed by atoms with Crippen molar-refractivity contribution in [3.8, 4) is 0 Å². The Labute approximate surface area is 151 Å². The van der Waals surface area contributed by atoms with E-state index in [1.807, 2.05) is 4.90 Å². The maximum atomic E-state index is 13.0. The number of nitrogens with zero attached hydrogens (tertiary/aromatic N) is 2. The van der Waals surface area contributed by atoms with E-state index >= 15 is 0 Å². The van der Waals surface area contributed by atoms with Crippen LogP contribution >= 0.6 is 12.4 Å². The lowest BCUT2D eigenvalue weighted by atomic mass is 9.74. The SMILES string of the molecule is CC1(C(=O)N2CC[C@@H]3[C@@H](CCC(=O)N3CCN)C2)CCCCC1.Cl. The molecule has 0 radical (unpaired) electrons. The molecular formula is C18H32ClN3O2. The minimum atomic E-state index is -0.146. The van der Waals surface area contributed by atoms with Gasteiger partial charge in [0.15, 0.2) is 0 Å². The lowest BCUT2D eigenvalue weighted by Gasteiger charge is -2.48. The van der Waals surface area contributed by atoms with Gasteiger partial charge in [0.05, 0.1) is 0 Å². The third-order valence-electron chi connectivity index (χ3n) is 6.27. The summed E-state index contributed by atoms with van der Waals surface area (Å²) in [6, 6.07) is 0.294. The average Bonchev–Trinajstić information content (AvgIpc) is 2.57. The van der Waals surface area contributed by atoms with Crippen LogP contribution < -0.4 is 5.73 Å². The van der Waals surface area contributed by atoms with Crippen molar-refractivity contribution < 1.29 is 9.59 Å². The fourth-order valence-corrected chi connectivity index (χ4v) is 4.89. The number of fused-ring (bicyclic) bond motifs is 1. The summed E-state index contributed by atoms with van der Waals surface area (Å²) in [7, 11) is 0. The summed E-state index contributed by atoms with van der Waals surface area (Å²) >= 11 is 0. The molecule has 2 heterocycles. The van der Waals surface area contributed by atoms with Crippen molar-refractivity contribution in [3.05, 3.63) is 0 Å². The summed E-state index contributed by atoms with van der Waals surface area (Å²) in [6.45, 7) is 4.96. The first kappa shape index (κ1) is 19.5. The van der Waals surface area contributed by atoms with Crippen molar-refractivity contribution in [2.75, 3.05) is 26.2 Å². The van der Waals surface area contributed by atoms with Crippen molar-refractivity contribution >= 4 is 24.2 Å². The van der Waals surface area contributed by atoms with Crippen molar-refractivity contribution in [1.82, 2.24) is 9.80 Å². The molecule has 2 N–H and O–H groups in total. The Morgan fingerprint density at radius 3 is 2.62 bits per heavy atom. The fraction of sp³-hybridized carbons (Fsp3) is 0.889. The van der Waals surface area contributed by atoms with Crippen molar-refractivity contribution in [2.45, 2.75) is 64.3 Å². The molecule has 3 rings (SSSR count). The van der Waals surface area contributed by atoms with Crippen LogP contribution in [0.25, 0.3) is 0 Å². The molecule has 1 aliphatic carbocycles. The third-order valence-corrected chi connectivity index (χ3v) is 6.27. The van der Waals surface area contributed by atoms with Gasteiger partial charge in [-0.3, -0.25) is 9.59 Å². The number of rotatable bonds is 3. The summed E-state index contributed by atoms with van der Waals surface area (Å²) in [5.74, 6) is 1.04. The molecule has 3 fully saturated rings. The van der Waals surface area contributed by atoms with E-state index in [-0.39, 0.29) is 23.7 Å². The lowest BCUT2D eigenvalue weighted by molar-refractivity contribution is -0.150. The van der Waals surface area contributed by atoms with Crippen molar-refractivity contribution in [2.24, 2.45) is 17.1 Å². The molecule has 0 aromatic heterocycles. The first-order valence-electron chi connectivity index (χ1n) is 9.34. The van der Waals surface area contributed by atoms with Gasteiger partial charge in [-0.25, -0.2) is 0 Å². The zero-order valence-corrected chi connectivity index (χ0v) is 15.7. The van der Waals surface area contributed by atoms with Crippen LogP contribution in [0.1, 0.15) is 58.3 Å². The van der Waals surface area contributed by atoms with Gasteiger partial charge in [-0.2, -0.15) is 0 Å². The van der Waals surface area contributed by atoms with Gasteiger partial charge in [0.2, 0.25) is 11.8 Å². The Morgan fingerprint density at radius 2 is 1.96 bits per heavy atom. The second-order valence-electron chi connectivity index (χ2n) is 7.90. The van der Waals surface area contributed by atoms with Crippen molar-refractivity contribution in [1.29, 1.82) is 0 Å². The summed E-state index contributed by atoms with van der Waals surface area (Å²) < 4.78 is 0. The van der Waals surface area contributed by atoms with E-state index in [0.717, 1.165) is 38.8 Å². The van der Waals surface area contributed by atoms with Crippen LogP contribution in [0.5, 0.6) is 0 Å². The van der Waals surface area contributed by atoms with Gasteiger partial charge in [-0.15, -0.1) is 12.4 Å². The van der Waals surface area contributed by atoms with Crippen LogP contribution in [-0.2, 0) is 9.59 Å². The van der Waals surface area contributed by atoms with Gasteiger partial charge in [0, 0.05) is 44.1 Å². The number of hydrogen-bond donors (Lipinski definition) is 1. The van der Waals surface area contributed by atoms with Gasteiger partial charge < -0.3 is 15.5 Å². The van der Waals surface area contributed by atoms with Crippen LogP contribution in [0.3, 0.4) is 0 Å². The predicted octanol–water partition coefficient (Wildman–Crippen LogP) is 2.18. The number of hydrogen-bond acceptors (Lipinski definition) is 3. The van der Waals surface area contributed by atoms with E-state index < -0.39 is 0 Å². The lowest BCUT2D eigenvalue weighted by Crippen LogP contribution is -2.59. The van der Waals surface area contributed by atoms with Crippen LogP contribution in [-0.4, -0.2) is 53.8 Å². The highest BCUT2D eigenvalue weighted by atomic mass is 35.5. The van der Waals surface area contributed by atoms with E-state index in [1.165, 1.54) is 19.3 Å². The quantitative estimate of drug-likeness (QED) is 0.841. The maximum Gasteiger partial charge on any atom is 0.228 e. The molecule has 2 aliphatic heterocycles. The standard InChI is InChI=1S/C18H31N3O2.ClH/c1-18(8-3-2-4-9-18)17(23)20-11-7-15-14(13-20)5-6-16(22)21(15)12-10-19;/h14-15H,2-13,19H2,1H3;1H/t14-,15+;/m0./s1. The van der Waals surface area contributed by atoms with E-state index in [0.29, 0.717) is 37.4 Å². The summed E-state index contributed by atoms with van der Waals surface area (Å²) in [4.78, 5) is 29.3. The highest BCUT2D eigenvalue weighted by Crippen LogP contribution is 2.39. The number of likely N-dealkylation sites (tertiary alicyclic amines) is 2. The van der Waals surface area contributed by atoms with Gasteiger partial charge in [-0.05, 0) is 31.6 Å². The molecule has 2 atom stereocenters. The number of halogens is 1. The smallest absolute Gasteiger partial charge is 0.228 e. The molecule has 0 bridgehead atoms. The summed E-state index contributed by atoms with van der Waals surface area (Å²) in [5.41, 5.74) is 5.53. The number of amides is 2. The molecular weight excluding hydrogens is 326 g/mol. The minimum Gasteiger partial charge on any atom is -0.342 e. The third kappa shape index (κ3) is 3.72. The largest absolute Gasteiger partial charge is 0.342 e. The number of carbonyl (C=O) groups is 2. The number of carbonyl (C=O) groups excluding carboxylic acids is 2. The first-order chi connectivity index (χ1) is 11.0. The molecule has 1 saturated carbocycles. The van der Waals surface area contributed by atoms with E-state index in [4.69, 9.17) is 5.73 Å². The van der Waals surface area contributed by atoms with Crippen LogP contribution in [0.15, 0.2) is 0 Å². The molecule has 0 unspecified atom stereocenters. The second-order valence-corrected chi connectivity index (χ2v) is 7.90. The molecule has 2 amide bonds. The highest BCUT2D eigenvalue weighted by Gasteiger charge is 2.43. The molecule has 138 valence electrons. The molecule has 0 aromatic carbocycles. The Balaban J connectivity index is 0.00000208. The Morgan fingerprint density at radius 1 is 1.25 bits per heavy atom. The van der Waals surface area contributed by atoms with E-state index in [2.05, 4.69) is 11.8 Å². The number of piperidine rings is 2. The van der Waals surface area contributed by atoms with Crippen LogP contribution in [0.4, 0.5) is 0 Å². The van der Waals surface area contributed by atoms with Gasteiger partial charge in [0.1, 0.15) is 0 Å². The Kier molecular flexibility index (Phi) is 6.54. The number of nitrogens with two attached hydrogens (primary N) is 1. The second kappa shape index (κ2) is 8.05. The molecule has 2 saturated heterocycles. The molecule has 0 aromatic rings. The van der Waals surface area contributed by atoms with Gasteiger partial charge in [0.25, 0.3) is 0 Å². The highest BCUT2D eigenvalue weighted by molar-refractivity contribution is 5.85. The minimum absolute atomic E-state index is 0. The van der Waals surface area contributed by atoms with Crippen LogP contribution in [0, 0.1) is 11.3 Å². The van der Waals surface area contributed by atoms with Crippen LogP contribution in [0.2, 0.25) is 0 Å². The summed E-state index contributed by atoms with van der Waals surface area (Å²) in [5, 5.41) is 0. The average molecular weight is 358 g/mol. The first-order valence-corrected chi connectivity index (χ1v) is 9.34. The fourth-order valence-electron chi connectivity index (χ4n) is 4.89. The van der Waals surface area contributed by atoms with Crippen molar-refractivity contribution in [3.63, 3.8) is 0 Å². The molecule has 6 heteroatoms. The molecule has 5 nitrogen and oxygen atoms in total. The van der Waals surface area contributed by atoms with E-state index in [9.17, 15) is 9.59 Å². The Bertz CT molecular complexity index is 465. The van der Waals surface area contributed by atoms with E-state index in [1.54, 1.807) is 0 Å². The zero-order chi connectivity index (χ0) is 16.4. The molecule has 3 aliphatic rings. The molecule has 0 spiro atoms. The van der Waals surface area contributed by atoms with Gasteiger partial charge in [-0.1, -0.05) is 26.2 Å². The normalized spacial score (nSPS) is 29.7. The van der Waals surface area contributed by atoms with Gasteiger partial charge >= 0.3 is 0 Å². The maximum absolute atomic E-state index is 13.0. The Hall–Kier alpha value is -0.810. The topological polar surface area (TPSA) is 66.6 Å². The predicted molar refractivity (Wildman–Crippen MR) is 96.9 cm³/mol. The zero-order valence-electron chi connectivity index (χ0n) is 14.8. The monoisotopic (exact) mass is 357 g/mol.